The van der Waals surface area contributed by atoms with Crippen LogP contribution in [0.3, 0.4) is 0 Å². The standard InChI is InChI=1S/C12H18N2O/c1-9(13)8-12(15)14-10(2)11-6-4-3-5-7-11/h3-7,9-10H,8,13H2,1-2H3,(H,14,15). The number of hydrogen-bond acceptors (Lipinski definition) is 2. The lowest BCUT2D eigenvalue weighted by atomic mass is 10.1. The van der Waals surface area contributed by atoms with Gasteiger partial charge in [0.05, 0.1) is 6.04 Å². The van der Waals surface area contributed by atoms with Crippen LogP contribution in [0.25, 0.3) is 0 Å². The van der Waals surface area contributed by atoms with Gasteiger partial charge in [-0.2, -0.15) is 0 Å². The summed E-state index contributed by atoms with van der Waals surface area (Å²) in [5.74, 6) is 0.00125. The number of rotatable bonds is 4. The first kappa shape index (κ1) is 11.7. The normalized spacial score (nSPS) is 14.3. The van der Waals surface area contributed by atoms with Crippen molar-refractivity contribution in [3.05, 3.63) is 35.9 Å². The molecule has 3 heteroatoms. The molecule has 0 saturated heterocycles. The fraction of sp³-hybridized carbons (Fsp3) is 0.417. The monoisotopic (exact) mass is 206 g/mol. The van der Waals surface area contributed by atoms with Gasteiger partial charge in [0, 0.05) is 12.5 Å². The summed E-state index contributed by atoms with van der Waals surface area (Å²) in [5.41, 5.74) is 6.65. The summed E-state index contributed by atoms with van der Waals surface area (Å²) in [6, 6.07) is 9.83. The zero-order chi connectivity index (χ0) is 11.3. The molecule has 1 amide bonds. The first-order valence-electron chi connectivity index (χ1n) is 5.19. The molecule has 2 atom stereocenters. The number of amides is 1. The Balaban J connectivity index is 2.49. The van der Waals surface area contributed by atoms with Crippen molar-refractivity contribution in [2.75, 3.05) is 0 Å². The Morgan fingerprint density at radius 3 is 2.47 bits per heavy atom. The molecule has 1 aromatic rings. The summed E-state index contributed by atoms with van der Waals surface area (Å²) in [4.78, 5) is 11.4. The van der Waals surface area contributed by atoms with Gasteiger partial charge in [-0.05, 0) is 19.4 Å². The van der Waals surface area contributed by atoms with E-state index < -0.39 is 0 Å². The molecule has 1 rings (SSSR count). The fourth-order valence-corrected chi connectivity index (χ4v) is 1.42. The van der Waals surface area contributed by atoms with Crippen LogP contribution in [0.4, 0.5) is 0 Å². The summed E-state index contributed by atoms with van der Waals surface area (Å²) in [7, 11) is 0. The molecule has 0 aliphatic heterocycles. The molecular formula is C12H18N2O. The van der Waals surface area contributed by atoms with Crippen LogP contribution in [-0.4, -0.2) is 11.9 Å². The molecule has 3 N–H and O–H groups in total. The van der Waals surface area contributed by atoms with Crippen LogP contribution >= 0.6 is 0 Å². The van der Waals surface area contributed by atoms with Crippen molar-refractivity contribution in [2.24, 2.45) is 5.73 Å². The molecule has 0 spiro atoms. The zero-order valence-electron chi connectivity index (χ0n) is 9.23. The van der Waals surface area contributed by atoms with E-state index in [0.717, 1.165) is 5.56 Å². The molecule has 0 heterocycles. The van der Waals surface area contributed by atoms with E-state index in [1.807, 2.05) is 44.2 Å². The highest BCUT2D eigenvalue weighted by Crippen LogP contribution is 2.11. The Kier molecular flexibility index (Phi) is 4.31. The van der Waals surface area contributed by atoms with Gasteiger partial charge >= 0.3 is 0 Å². The molecule has 82 valence electrons. The predicted octanol–water partition coefficient (Wildman–Crippen LogP) is 1.60. The predicted molar refractivity (Wildman–Crippen MR) is 61.3 cm³/mol. The minimum absolute atomic E-state index is 0.00125. The highest BCUT2D eigenvalue weighted by Gasteiger charge is 2.10. The first-order valence-corrected chi connectivity index (χ1v) is 5.19. The Morgan fingerprint density at radius 2 is 1.93 bits per heavy atom. The highest BCUT2D eigenvalue weighted by atomic mass is 16.1. The topological polar surface area (TPSA) is 55.1 Å². The van der Waals surface area contributed by atoms with Gasteiger partial charge in [0.15, 0.2) is 0 Å². The fourth-order valence-electron chi connectivity index (χ4n) is 1.42. The van der Waals surface area contributed by atoms with Gasteiger partial charge in [-0.15, -0.1) is 0 Å². The third-order valence-corrected chi connectivity index (χ3v) is 2.18. The Labute approximate surface area is 90.7 Å². The number of nitrogens with one attached hydrogen (secondary N) is 1. The summed E-state index contributed by atoms with van der Waals surface area (Å²) in [5, 5.41) is 2.91. The van der Waals surface area contributed by atoms with Crippen molar-refractivity contribution in [3.63, 3.8) is 0 Å². The lowest BCUT2D eigenvalue weighted by Crippen LogP contribution is -2.31. The minimum Gasteiger partial charge on any atom is -0.350 e. The Hall–Kier alpha value is -1.35. The van der Waals surface area contributed by atoms with Crippen LogP contribution in [0.5, 0.6) is 0 Å². The lowest BCUT2D eigenvalue weighted by Gasteiger charge is -2.15. The molecule has 0 bridgehead atoms. The van der Waals surface area contributed by atoms with E-state index in [-0.39, 0.29) is 18.0 Å². The van der Waals surface area contributed by atoms with Gasteiger partial charge < -0.3 is 11.1 Å². The number of nitrogens with two attached hydrogens (primary N) is 1. The van der Waals surface area contributed by atoms with Crippen LogP contribution in [0, 0.1) is 0 Å². The molecule has 1 aromatic carbocycles. The summed E-state index contributed by atoms with van der Waals surface area (Å²) < 4.78 is 0. The second kappa shape index (κ2) is 5.51. The third kappa shape index (κ3) is 4.13. The van der Waals surface area contributed by atoms with E-state index in [9.17, 15) is 4.79 Å². The maximum atomic E-state index is 11.4. The van der Waals surface area contributed by atoms with E-state index >= 15 is 0 Å². The van der Waals surface area contributed by atoms with E-state index in [1.54, 1.807) is 0 Å². The smallest absolute Gasteiger partial charge is 0.222 e. The number of benzene rings is 1. The van der Waals surface area contributed by atoms with Crippen molar-refractivity contribution in [3.8, 4) is 0 Å². The molecule has 0 fully saturated rings. The average molecular weight is 206 g/mol. The van der Waals surface area contributed by atoms with Crippen molar-refractivity contribution in [1.82, 2.24) is 5.32 Å². The first-order chi connectivity index (χ1) is 7.09. The SMILES string of the molecule is CC(N)CC(=O)NC(C)c1ccccc1. The minimum atomic E-state index is -0.0898. The molecule has 0 radical (unpaired) electrons. The average Bonchev–Trinajstić information content (AvgIpc) is 2.17. The van der Waals surface area contributed by atoms with Gasteiger partial charge in [0.2, 0.25) is 5.91 Å². The molecule has 0 aromatic heterocycles. The summed E-state index contributed by atoms with van der Waals surface area (Å²) in [6.45, 7) is 3.79. The Morgan fingerprint density at radius 1 is 1.33 bits per heavy atom. The van der Waals surface area contributed by atoms with E-state index in [2.05, 4.69) is 5.32 Å². The molecule has 0 aliphatic rings. The highest BCUT2D eigenvalue weighted by molar-refractivity contribution is 5.76. The summed E-state index contributed by atoms with van der Waals surface area (Å²) in [6.07, 6.45) is 0.372. The molecule has 15 heavy (non-hydrogen) atoms. The third-order valence-electron chi connectivity index (χ3n) is 2.18. The van der Waals surface area contributed by atoms with E-state index in [4.69, 9.17) is 5.73 Å². The largest absolute Gasteiger partial charge is 0.350 e. The van der Waals surface area contributed by atoms with Crippen LogP contribution in [0.1, 0.15) is 31.9 Å². The second-order valence-corrected chi connectivity index (χ2v) is 3.88. The van der Waals surface area contributed by atoms with Gasteiger partial charge in [0.25, 0.3) is 0 Å². The number of carbonyl (C=O) groups excluding carboxylic acids is 1. The lowest BCUT2D eigenvalue weighted by molar-refractivity contribution is -0.121. The van der Waals surface area contributed by atoms with Crippen LogP contribution in [0.15, 0.2) is 30.3 Å². The van der Waals surface area contributed by atoms with Gasteiger partial charge in [0.1, 0.15) is 0 Å². The molecule has 0 aliphatic carbocycles. The molecule has 2 unspecified atom stereocenters. The van der Waals surface area contributed by atoms with Gasteiger partial charge in [-0.25, -0.2) is 0 Å². The maximum Gasteiger partial charge on any atom is 0.222 e. The van der Waals surface area contributed by atoms with Crippen LogP contribution < -0.4 is 11.1 Å². The van der Waals surface area contributed by atoms with E-state index in [1.165, 1.54) is 0 Å². The maximum absolute atomic E-state index is 11.4. The molecular weight excluding hydrogens is 188 g/mol. The second-order valence-electron chi connectivity index (χ2n) is 3.88. The molecule has 0 saturated carbocycles. The quantitative estimate of drug-likeness (QED) is 0.786. The van der Waals surface area contributed by atoms with Crippen LogP contribution in [0.2, 0.25) is 0 Å². The van der Waals surface area contributed by atoms with Crippen LogP contribution in [-0.2, 0) is 4.79 Å². The van der Waals surface area contributed by atoms with Crippen molar-refractivity contribution in [2.45, 2.75) is 32.4 Å². The van der Waals surface area contributed by atoms with Gasteiger partial charge in [-0.3, -0.25) is 4.79 Å². The van der Waals surface area contributed by atoms with Crippen molar-refractivity contribution in [1.29, 1.82) is 0 Å². The summed E-state index contributed by atoms with van der Waals surface area (Å²) >= 11 is 0. The number of carbonyl (C=O) groups is 1. The van der Waals surface area contributed by atoms with Gasteiger partial charge in [-0.1, -0.05) is 30.3 Å². The zero-order valence-corrected chi connectivity index (χ0v) is 9.23. The van der Waals surface area contributed by atoms with Crippen molar-refractivity contribution >= 4 is 5.91 Å². The van der Waals surface area contributed by atoms with E-state index in [0.29, 0.717) is 6.42 Å². The van der Waals surface area contributed by atoms with Crippen molar-refractivity contribution < 1.29 is 4.79 Å². The Bertz CT molecular complexity index is 309. The number of hydrogen-bond donors (Lipinski definition) is 2. The molecule has 3 nitrogen and oxygen atoms in total.